The van der Waals surface area contributed by atoms with Gasteiger partial charge in [0, 0.05) is 16.3 Å². The Morgan fingerprint density at radius 2 is 1.58 bits per heavy atom. The molecule has 5 heteroatoms. The zero-order valence-corrected chi connectivity index (χ0v) is 15.0. The highest BCUT2D eigenvalue weighted by Gasteiger charge is 2.14. The molecule has 0 spiro atoms. The summed E-state index contributed by atoms with van der Waals surface area (Å²) < 4.78 is 28.2. The van der Waals surface area contributed by atoms with Crippen molar-refractivity contribution in [1.29, 1.82) is 0 Å². The Balaban J connectivity index is 2.02. The highest BCUT2D eigenvalue weighted by Crippen LogP contribution is 2.33. The molecule has 1 aromatic heterocycles. The first-order valence-electron chi connectivity index (χ1n) is 8.22. The molecule has 0 aliphatic rings. The number of nitrogens with zero attached hydrogens (tertiary/aromatic N) is 1. The molecule has 4 aromatic rings. The van der Waals surface area contributed by atoms with Crippen LogP contribution in [0.15, 0.2) is 72.8 Å². The summed E-state index contributed by atoms with van der Waals surface area (Å²) in [7, 11) is -2.39. The molecule has 0 fully saturated rings. The molecule has 0 bridgehead atoms. The summed E-state index contributed by atoms with van der Waals surface area (Å²) in [4.78, 5) is 4.85. The zero-order chi connectivity index (χ0) is 18.1. The molecule has 0 saturated carbocycles. The topological polar surface area (TPSA) is 56.3 Å². The van der Waals surface area contributed by atoms with Crippen molar-refractivity contribution < 1.29 is 12.6 Å². The minimum Gasteiger partial charge on any atom is -0.273 e. The largest absolute Gasteiger partial charge is 0.273 e. The summed E-state index contributed by atoms with van der Waals surface area (Å²) in [6.07, 6.45) is 0. The lowest BCUT2D eigenvalue weighted by Gasteiger charge is -2.11. The van der Waals surface area contributed by atoms with Gasteiger partial charge in [0.05, 0.1) is 18.3 Å². The van der Waals surface area contributed by atoms with Gasteiger partial charge in [0.2, 0.25) is 0 Å². The van der Waals surface area contributed by atoms with E-state index in [0.29, 0.717) is 5.56 Å². The van der Waals surface area contributed by atoms with Crippen LogP contribution in [0.25, 0.3) is 32.9 Å². The Morgan fingerprint density at radius 1 is 0.846 bits per heavy atom. The summed E-state index contributed by atoms with van der Waals surface area (Å²) >= 11 is 0. The maximum absolute atomic E-state index is 11.8. The van der Waals surface area contributed by atoms with Gasteiger partial charge in [-0.05, 0) is 23.1 Å². The van der Waals surface area contributed by atoms with Gasteiger partial charge in [-0.1, -0.05) is 60.7 Å². The smallest absolute Gasteiger partial charge is 0.271 e. The van der Waals surface area contributed by atoms with Crippen LogP contribution in [0.3, 0.4) is 0 Å². The van der Waals surface area contributed by atoms with Crippen molar-refractivity contribution in [3.05, 3.63) is 78.4 Å². The second kappa shape index (κ2) is 6.52. The number of rotatable bonds is 4. The molecule has 3 aromatic carbocycles. The minimum absolute atomic E-state index is 0.156. The number of fused-ring (bicyclic) bond motifs is 3. The van der Waals surface area contributed by atoms with Gasteiger partial charge < -0.3 is 0 Å². The van der Waals surface area contributed by atoms with Crippen molar-refractivity contribution in [2.24, 2.45) is 0 Å². The summed E-state index contributed by atoms with van der Waals surface area (Å²) in [5, 5.41) is 2.98. The van der Waals surface area contributed by atoms with Crippen molar-refractivity contribution in [2.75, 3.05) is 7.11 Å². The fourth-order valence-electron chi connectivity index (χ4n) is 3.17. The fraction of sp³-hybridized carbons (Fsp3) is 0.0952. The number of benzene rings is 3. The molecule has 0 atom stereocenters. The van der Waals surface area contributed by atoms with Gasteiger partial charge in [0.25, 0.3) is 10.1 Å². The third kappa shape index (κ3) is 3.07. The monoisotopic (exact) mass is 363 g/mol. The molecule has 4 rings (SSSR count). The molecule has 130 valence electrons. The van der Waals surface area contributed by atoms with Crippen LogP contribution in [0.1, 0.15) is 5.56 Å². The number of para-hydroxylation sites is 1. The van der Waals surface area contributed by atoms with E-state index in [-0.39, 0.29) is 5.75 Å². The predicted octanol–water partition coefficient (Wildman–Crippen LogP) is 4.53. The number of pyridine rings is 1. The molecule has 0 saturated heterocycles. The van der Waals surface area contributed by atoms with Crippen molar-refractivity contribution in [1.82, 2.24) is 4.98 Å². The molecule has 26 heavy (non-hydrogen) atoms. The Labute approximate surface area is 152 Å². The Morgan fingerprint density at radius 3 is 2.35 bits per heavy atom. The molecular weight excluding hydrogens is 346 g/mol. The Kier molecular flexibility index (Phi) is 4.18. The normalized spacial score (nSPS) is 11.9. The van der Waals surface area contributed by atoms with Gasteiger partial charge in [-0.2, -0.15) is 8.42 Å². The van der Waals surface area contributed by atoms with Crippen molar-refractivity contribution in [3.63, 3.8) is 0 Å². The lowest BCUT2D eigenvalue weighted by atomic mass is 9.98. The van der Waals surface area contributed by atoms with E-state index in [1.807, 2.05) is 72.8 Å². The quantitative estimate of drug-likeness (QED) is 0.395. The second-order valence-electron chi connectivity index (χ2n) is 6.09. The first kappa shape index (κ1) is 16.7. The van der Waals surface area contributed by atoms with E-state index in [2.05, 4.69) is 4.18 Å². The zero-order valence-electron chi connectivity index (χ0n) is 14.2. The molecule has 0 aliphatic heterocycles. The predicted molar refractivity (Wildman–Crippen MR) is 104 cm³/mol. The summed E-state index contributed by atoms with van der Waals surface area (Å²) in [6.45, 7) is 0. The highest BCUT2D eigenvalue weighted by atomic mass is 32.2. The average Bonchev–Trinajstić information content (AvgIpc) is 2.68. The Hall–Kier alpha value is -2.76. The fourth-order valence-corrected chi connectivity index (χ4v) is 3.87. The Bertz CT molecular complexity index is 1200. The number of hydrogen-bond acceptors (Lipinski definition) is 4. The third-order valence-corrected chi connectivity index (χ3v) is 5.60. The highest BCUT2D eigenvalue weighted by molar-refractivity contribution is 7.85. The van der Waals surface area contributed by atoms with Gasteiger partial charge in [-0.25, -0.2) is 4.98 Å². The van der Waals surface area contributed by atoms with E-state index in [9.17, 15) is 8.42 Å². The summed E-state index contributed by atoms with van der Waals surface area (Å²) in [6, 6.07) is 23.6. The molecular formula is C21H17NO3S. The van der Waals surface area contributed by atoms with Crippen LogP contribution >= 0.6 is 0 Å². The molecule has 0 amide bonds. The number of aromatic nitrogens is 1. The first-order chi connectivity index (χ1) is 12.6. The van der Waals surface area contributed by atoms with Crippen LogP contribution in [-0.4, -0.2) is 20.5 Å². The third-order valence-electron chi connectivity index (χ3n) is 4.41. The van der Waals surface area contributed by atoms with E-state index in [1.54, 1.807) is 0 Å². The summed E-state index contributed by atoms with van der Waals surface area (Å²) in [5.41, 5.74) is 3.49. The van der Waals surface area contributed by atoms with Crippen LogP contribution in [0, 0.1) is 0 Å². The molecule has 4 nitrogen and oxygen atoms in total. The minimum atomic E-state index is -3.57. The van der Waals surface area contributed by atoms with E-state index in [0.717, 1.165) is 32.9 Å². The van der Waals surface area contributed by atoms with Crippen LogP contribution < -0.4 is 0 Å². The van der Waals surface area contributed by atoms with Crippen molar-refractivity contribution in [2.45, 2.75) is 5.75 Å². The first-order valence-corrected chi connectivity index (χ1v) is 9.80. The van der Waals surface area contributed by atoms with E-state index in [1.165, 1.54) is 7.11 Å². The molecule has 1 heterocycles. The van der Waals surface area contributed by atoms with Crippen LogP contribution in [0.5, 0.6) is 0 Å². The maximum atomic E-state index is 11.8. The maximum Gasteiger partial charge on any atom is 0.271 e. The second-order valence-corrected chi connectivity index (χ2v) is 7.83. The van der Waals surface area contributed by atoms with Crippen LogP contribution in [-0.2, 0) is 20.1 Å². The molecule has 0 radical (unpaired) electrons. The summed E-state index contributed by atoms with van der Waals surface area (Å²) in [5.74, 6) is -0.156. The van der Waals surface area contributed by atoms with Gasteiger partial charge in [0.15, 0.2) is 0 Å². The van der Waals surface area contributed by atoms with Crippen molar-refractivity contribution in [3.8, 4) is 11.3 Å². The number of hydrogen-bond donors (Lipinski definition) is 0. The van der Waals surface area contributed by atoms with E-state index >= 15 is 0 Å². The van der Waals surface area contributed by atoms with Gasteiger partial charge >= 0.3 is 0 Å². The van der Waals surface area contributed by atoms with Crippen LogP contribution in [0.4, 0.5) is 0 Å². The van der Waals surface area contributed by atoms with Gasteiger partial charge in [0.1, 0.15) is 5.75 Å². The van der Waals surface area contributed by atoms with Crippen molar-refractivity contribution >= 4 is 31.8 Å². The lowest BCUT2D eigenvalue weighted by Crippen LogP contribution is -2.05. The van der Waals surface area contributed by atoms with Gasteiger partial charge in [-0.15, -0.1) is 0 Å². The SMILES string of the molecule is COS(=O)(=O)Cc1ccc2c(-c3ccccc3)nc3ccccc3c2c1. The standard InChI is InChI=1S/C21H17NO3S/c1-25-26(23,24)14-15-11-12-18-19(13-15)17-9-5-6-10-20(17)22-21(18)16-7-3-2-4-8-16/h2-13H,14H2,1H3. The molecule has 0 aliphatic carbocycles. The molecule has 0 unspecified atom stereocenters. The van der Waals surface area contributed by atoms with Crippen LogP contribution in [0.2, 0.25) is 0 Å². The van der Waals surface area contributed by atoms with E-state index < -0.39 is 10.1 Å². The van der Waals surface area contributed by atoms with Gasteiger partial charge in [-0.3, -0.25) is 4.18 Å². The lowest BCUT2D eigenvalue weighted by molar-refractivity contribution is 0.397. The molecule has 0 N–H and O–H groups in total. The average molecular weight is 363 g/mol. The van der Waals surface area contributed by atoms with E-state index in [4.69, 9.17) is 4.98 Å².